The average Bonchev–Trinajstić information content (AvgIpc) is 3.09. The summed E-state index contributed by atoms with van der Waals surface area (Å²) in [5.41, 5.74) is 0. The van der Waals surface area contributed by atoms with Gasteiger partial charge in [0.05, 0.1) is 13.3 Å². The van der Waals surface area contributed by atoms with E-state index in [0.29, 0.717) is 30.7 Å². The Hall–Kier alpha value is -2.20. The van der Waals surface area contributed by atoms with Crippen LogP contribution in [0.1, 0.15) is 12.8 Å². The SMILES string of the molecule is COc1nccnc1N(C)CC1CCN(S(=O)(=O)c2cnn(C)c2)CC1. The number of hydrogen-bond acceptors (Lipinski definition) is 7. The number of sulfonamides is 1. The van der Waals surface area contributed by atoms with Crippen LogP contribution < -0.4 is 9.64 Å². The molecule has 0 spiro atoms. The molecule has 3 rings (SSSR count). The van der Waals surface area contributed by atoms with Gasteiger partial charge in [-0.2, -0.15) is 9.40 Å². The maximum atomic E-state index is 12.7. The summed E-state index contributed by atoms with van der Waals surface area (Å²) in [6.45, 7) is 1.79. The van der Waals surface area contributed by atoms with Gasteiger partial charge in [-0.25, -0.2) is 18.4 Å². The molecule has 0 saturated carbocycles. The van der Waals surface area contributed by atoms with E-state index in [2.05, 4.69) is 15.1 Å². The number of aryl methyl sites for hydroxylation is 1. The van der Waals surface area contributed by atoms with Gasteiger partial charge in [0, 0.05) is 52.3 Å². The summed E-state index contributed by atoms with van der Waals surface area (Å²) in [5.74, 6) is 1.57. The first-order chi connectivity index (χ1) is 12.4. The normalized spacial score (nSPS) is 16.6. The number of piperidine rings is 1. The molecule has 142 valence electrons. The van der Waals surface area contributed by atoms with Gasteiger partial charge in [0.25, 0.3) is 5.88 Å². The first kappa shape index (κ1) is 18.6. The van der Waals surface area contributed by atoms with E-state index < -0.39 is 10.0 Å². The lowest BCUT2D eigenvalue weighted by atomic mass is 9.98. The zero-order valence-electron chi connectivity index (χ0n) is 15.2. The number of aromatic nitrogens is 4. The first-order valence-corrected chi connectivity index (χ1v) is 9.90. The molecule has 2 aromatic heterocycles. The average molecular weight is 380 g/mol. The Kier molecular flexibility index (Phi) is 5.42. The van der Waals surface area contributed by atoms with Crippen molar-refractivity contribution in [1.29, 1.82) is 0 Å². The smallest absolute Gasteiger partial charge is 0.257 e. The van der Waals surface area contributed by atoms with E-state index in [1.807, 2.05) is 11.9 Å². The predicted octanol–water partition coefficient (Wildman–Crippen LogP) is 0.756. The second-order valence-electron chi connectivity index (χ2n) is 6.47. The van der Waals surface area contributed by atoms with Gasteiger partial charge in [0.2, 0.25) is 10.0 Å². The lowest BCUT2D eigenvalue weighted by Crippen LogP contribution is -2.41. The van der Waals surface area contributed by atoms with Crippen LogP contribution in [0, 0.1) is 5.92 Å². The molecule has 2 aromatic rings. The van der Waals surface area contributed by atoms with Crippen molar-refractivity contribution in [2.24, 2.45) is 13.0 Å². The lowest BCUT2D eigenvalue weighted by Gasteiger charge is -2.33. The topological polar surface area (TPSA) is 93.5 Å². The Morgan fingerprint density at radius 3 is 2.58 bits per heavy atom. The maximum Gasteiger partial charge on any atom is 0.257 e. The van der Waals surface area contributed by atoms with Crippen LogP contribution in [0.3, 0.4) is 0 Å². The zero-order valence-corrected chi connectivity index (χ0v) is 16.1. The fourth-order valence-electron chi connectivity index (χ4n) is 3.21. The Bertz CT molecular complexity index is 845. The van der Waals surface area contributed by atoms with Crippen LogP contribution in [0.15, 0.2) is 29.7 Å². The molecule has 0 unspecified atom stereocenters. The molecule has 1 saturated heterocycles. The fourth-order valence-corrected chi connectivity index (χ4v) is 4.67. The molecule has 3 heterocycles. The fraction of sp³-hybridized carbons (Fsp3) is 0.562. The minimum absolute atomic E-state index is 0.250. The largest absolute Gasteiger partial charge is 0.478 e. The molecule has 0 radical (unpaired) electrons. The standard InChI is InChI=1S/C16H24N6O3S/c1-20(15-16(25-3)18-7-6-17-15)11-13-4-8-22(9-5-13)26(23,24)14-10-19-21(2)12-14/h6-7,10,12-13H,4-5,8-9,11H2,1-3H3. The maximum absolute atomic E-state index is 12.7. The van der Waals surface area contributed by atoms with E-state index in [0.717, 1.165) is 19.4 Å². The third-order valence-corrected chi connectivity index (χ3v) is 6.48. The molecule has 26 heavy (non-hydrogen) atoms. The first-order valence-electron chi connectivity index (χ1n) is 8.46. The number of methoxy groups -OCH3 is 1. The van der Waals surface area contributed by atoms with Crippen LogP contribution >= 0.6 is 0 Å². The lowest BCUT2D eigenvalue weighted by molar-refractivity contribution is 0.276. The van der Waals surface area contributed by atoms with Crippen LogP contribution in [0.25, 0.3) is 0 Å². The van der Waals surface area contributed by atoms with E-state index in [1.165, 1.54) is 17.1 Å². The summed E-state index contributed by atoms with van der Waals surface area (Å²) >= 11 is 0. The summed E-state index contributed by atoms with van der Waals surface area (Å²) in [6, 6.07) is 0. The Balaban J connectivity index is 1.60. The van der Waals surface area contributed by atoms with Gasteiger partial charge in [0.15, 0.2) is 5.82 Å². The molecular formula is C16H24N6O3S. The Labute approximate surface area is 153 Å². The van der Waals surface area contributed by atoms with Crippen molar-refractivity contribution >= 4 is 15.8 Å². The molecule has 0 atom stereocenters. The summed E-state index contributed by atoms with van der Waals surface area (Å²) in [6.07, 6.45) is 7.76. The van der Waals surface area contributed by atoms with E-state index >= 15 is 0 Å². The highest BCUT2D eigenvalue weighted by Gasteiger charge is 2.31. The number of hydrogen-bond donors (Lipinski definition) is 0. The van der Waals surface area contributed by atoms with Crippen LogP contribution in [0.4, 0.5) is 5.82 Å². The van der Waals surface area contributed by atoms with Crippen molar-refractivity contribution in [2.45, 2.75) is 17.7 Å². The molecule has 1 aliphatic heterocycles. The summed E-state index contributed by atoms with van der Waals surface area (Å²) in [4.78, 5) is 10.8. The molecule has 10 heteroatoms. The van der Waals surface area contributed by atoms with Gasteiger partial charge in [-0.15, -0.1) is 0 Å². The van der Waals surface area contributed by atoms with Crippen LogP contribution in [-0.2, 0) is 17.1 Å². The summed E-state index contributed by atoms with van der Waals surface area (Å²) < 4.78 is 33.6. The highest BCUT2D eigenvalue weighted by atomic mass is 32.2. The predicted molar refractivity (Wildman–Crippen MR) is 96.5 cm³/mol. The third-order valence-electron chi connectivity index (χ3n) is 4.63. The highest BCUT2D eigenvalue weighted by molar-refractivity contribution is 7.89. The van der Waals surface area contributed by atoms with E-state index in [4.69, 9.17) is 4.74 Å². The highest BCUT2D eigenvalue weighted by Crippen LogP contribution is 2.27. The quantitative estimate of drug-likeness (QED) is 0.730. The number of nitrogens with zero attached hydrogens (tertiary/aromatic N) is 6. The second-order valence-corrected chi connectivity index (χ2v) is 8.40. The van der Waals surface area contributed by atoms with Crippen molar-refractivity contribution in [2.75, 3.05) is 38.7 Å². The summed E-state index contributed by atoms with van der Waals surface area (Å²) in [7, 11) is 1.77. The summed E-state index contributed by atoms with van der Waals surface area (Å²) in [5, 5.41) is 3.96. The third kappa shape index (κ3) is 3.80. The van der Waals surface area contributed by atoms with Gasteiger partial charge >= 0.3 is 0 Å². The van der Waals surface area contributed by atoms with Gasteiger partial charge < -0.3 is 9.64 Å². The molecule has 9 nitrogen and oxygen atoms in total. The van der Waals surface area contributed by atoms with E-state index in [1.54, 1.807) is 30.9 Å². The molecule has 0 bridgehead atoms. The van der Waals surface area contributed by atoms with Crippen molar-refractivity contribution in [3.8, 4) is 5.88 Å². The van der Waals surface area contributed by atoms with Crippen molar-refractivity contribution < 1.29 is 13.2 Å². The van der Waals surface area contributed by atoms with Crippen LogP contribution in [0.2, 0.25) is 0 Å². The molecule has 0 aliphatic carbocycles. The van der Waals surface area contributed by atoms with Gasteiger partial charge in [-0.3, -0.25) is 4.68 Å². The van der Waals surface area contributed by atoms with Gasteiger partial charge in [0.1, 0.15) is 4.90 Å². The number of ether oxygens (including phenoxy) is 1. The van der Waals surface area contributed by atoms with Crippen molar-refractivity contribution in [3.63, 3.8) is 0 Å². The Morgan fingerprint density at radius 1 is 1.27 bits per heavy atom. The second kappa shape index (κ2) is 7.58. The number of rotatable bonds is 6. The molecule has 1 fully saturated rings. The van der Waals surface area contributed by atoms with Crippen LogP contribution in [0.5, 0.6) is 5.88 Å². The molecule has 0 aromatic carbocycles. The molecule has 0 amide bonds. The van der Waals surface area contributed by atoms with Crippen molar-refractivity contribution in [3.05, 3.63) is 24.8 Å². The minimum Gasteiger partial charge on any atom is -0.478 e. The minimum atomic E-state index is -3.46. The molecular weight excluding hydrogens is 356 g/mol. The van der Waals surface area contributed by atoms with Crippen LogP contribution in [-0.4, -0.2) is 66.3 Å². The monoisotopic (exact) mass is 380 g/mol. The van der Waals surface area contributed by atoms with Gasteiger partial charge in [-0.1, -0.05) is 0 Å². The Morgan fingerprint density at radius 2 is 1.96 bits per heavy atom. The van der Waals surface area contributed by atoms with Gasteiger partial charge in [-0.05, 0) is 18.8 Å². The number of anilines is 1. The molecule has 1 aliphatic rings. The zero-order chi connectivity index (χ0) is 18.7. The van der Waals surface area contributed by atoms with E-state index in [9.17, 15) is 8.42 Å². The van der Waals surface area contributed by atoms with Crippen molar-refractivity contribution in [1.82, 2.24) is 24.1 Å². The molecule has 0 N–H and O–H groups in total. The van der Waals surface area contributed by atoms with E-state index in [-0.39, 0.29) is 4.90 Å².